The van der Waals surface area contributed by atoms with Gasteiger partial charge in [-0.25, -0.2) is 5.84 Å². The van der Waals surface area contributed by atoms with E-state index in [1.165, 1.54) is 0 Å². The summed E-state index contributed by atoms with van der Waals surface area (Å²) in [7, 11) is 0. The second-order valence-corrected chi connectivity index (χ2v) is 3.80. The number of rotatable bonds is 7. The number of hydrazine groups is 1. The minimum Gasteiger partial charge on any atom is -0.301 e. The number of carbonyl (C=O) groups is 1. The third kappa shape index (κ3) is 5.94. The largest absolute Gasteiger partial charge is 0.301 e. The van der Waals surface area contributed by atoms with Gasteiger partial charge in [-0.2, -0.15) is 0 Å². The van der Waals surface area contributed by atoms with Crippen molar-refractivity contribution in [1.29, 1.82) is 0 Å². The highest BCUT2D eigenvalue weighted by Crippen LogP contribution is 2.02. The number of carbonyl (C=O) groups excluding carboxylic acids is 1. The first-order chi connectivity index (χ1) is 6.61. The summed E-state index contributed by atoms with van der Waals surface area (Å²) in [4.78, 5) is 13.2. The number of nitrogens with one attached hydrogen (secondary N) is 1. The van der Waals surface area contributed by atoms with Crippen molar-refractivity contribution in [3.05, 3.63) is 0 Å². The monoisotopic (exact) mass is 201 g/mol. The zero-order valence-corrected chi connectivity index (χ0v) is 9.55. The van der Waals surface area contributed by atoms with Gasteiger partial charge in [0.15, 0.2) is 0 Å². The van der Waals surface area contributed by atoms with E-state index in [1.54, 1.807) is 0 Å². The highest BCUT2D eigenvalue weighted by Gasteiger charge is 2.08. The van der Waals surface area contributed by atoms with Crippen LogP contribution in [0.25, 0.3) is 0 Å². The topological polar surface area (TPSA) is 58.4 Å². The van der Waals surface area contributed by atoms with Gasteiger partial charge in [0.1, 0.15) is 0 Å². The van der Waals surface area contributed by atoms with E-state index in [4.69, 9.17) is 5.84 Å². The smallest absolute Gasteiger partial charge is 0.233 e. The predicted molar refractivity (Wildman–Crippen MR) is 58.6 cm³/mol. The molecule has 0 aromatic rings. The van der Waals surface area contributed by atoms with Crippen molar-refractivity contribution in [3.8, 4) is 0 Å². The van der Waals surface area contributed by atoms with Gasteiger partial charge in [-0.3, -0.25) is 10.2 Å². The molecule has 0 radical (unpaired) electrons. The molecule has 0 heterocycles. The van der Waals surface area contributed by atoms with Crippen LogP contribution in [-0.2, 0) is 4.79 Å². The Kier molecular flexibility index (Phi) is 7.42. The van der Waals surface area contributed by atoms with Crippen LogP contribution in [0.4, 0.5) is 0 Å². The highest BCUT2D eigenvalue weighted by molar-refractivity contribution is 5.75. The molecule has 14 heavy (non-hydrogen) atoms. The van der Waals surface area contributed by atoms with Crippen molar-refractivity contribution in [3.63, 3.8) is 0 Å². The number of amides is 1. The Bertz CT molecular complexity index is 159. The Hall–Kier alpha value is -0.610. The fraction of sp³-hybridized carbons (Fsp3) is 0.900. The van der Waals surface area contributed by atoms with Gasteiger partial charge < -0.3 is 4.90 Å². The van der Waals surface area contributed by atoms with Gasteiger partial charge >= 0.3 is 0 Å². The summed E-state index contributed by atoms with van der Waals surface area (Å²) >= 11 is 0. The average molecular weight is 201 g/mol. The van der Waals surface area contributed by atoms with E-state index in [0.717, 1.165) is 25.9 Å². The molecule has 0 aliphatic rings. The van der Waals surface area contributed by atoms with Crippen molar-refractivity contribution in [2.24, 2.45) is 5.84 Å². The van der Waals surface area contributed by atoms with Crippen molar-refractivity contribution in [2.75, 3.05) is 13.1 Å². The predicted octanol–water partition coefficient (Wildman–Crippen LogP) is 0.877. The molecule has 0 fully saturated rings. The minimum absolute atomic E-state index is 0.0785. The standard InChI is InChI=1S/C10H23N3O/c1-4-7-13(9(2)3)8-5-6-10(14)12-11/h9H,4-8,11H2,1-3H3,(H,12,14). The lowest BCUT2D eigenvalue weighted by atomic mass is 10.2. The number of nitrogens with two attached hydrogens (primary N) is 1. The molecular formula is C10H23N3O. The summed E-state index contributed by atoms with van der Waals surface area (Å²) in [5.41, 5.74) is 2.14. The molecule has 0 bridgehead atoms. The molecule has 0 spiro atoms. The van der Waals surface area contributed by atoms with Crippen molar-refractivity contribution in [1.82, 2.24) is 10.3 Å². The molecule has 0 aromatic heterocycles. The van der Waals surface area contributed by atoms with Crippen LogP contribution >= 0.6 is 0 Å². The van der Waals surface area contributed by atoms with Gasteiger partial charge in [0.25, 0.3) is 0 Å². The van der Waals surface area contributed by atoms with Crippen LogP contribution in [0.1, 0.15) is 40.0 Å². The minimum atomic E-state index is -0.0785. The molecular weight excluding hydrogens is 178 g/mol. The summed E-state index contributed by atoms with van der Waals surface area (Å²) in [6.45, 7) is 8.60. The lowest BCUT2D eigenvalue weighted by Crippen LogP contribution is -2.34. The Morgan fingerprint density at radius 3 is 2.50 bits per heavy atom. The first-order valence-corrected chi connectivity index (χ1v) is 5.35. The first-order valence-electron chi connectivity index (χ1n) is 5.35. The molecule has 0 saturated carbocycles. The molecule has 0 aliphatic heterocycles. The van der Waals surface area contributed by atoms with E-state index in [0.29, 0.717) is 12.5 Å². The fourth-order valence-electron chi connectivity index (χ4n) is 1.43. The van der Waals surface area contributed by atoms with Gasteiger partial charge in [-0.1, -0.05) is 6.92 Å². The quantitative estimate of drug-likeness (QED) is 0.365. The second-order valence-electron chi connectivity index (χ2n) is 3.80. The SMILES string of the molecule is CCCN(CCCC(=O)NN)C(C)C. The number of nitrogens with zero attached hydrogens (tertiary/aromatic N) is 1. The normalized spacial score (nSPS) is 11.0. The van der Waals surface area contributed by atoms with Crippen LogP contribution in [0.15, 0.2) is 0 Å². The lowest BCUT2D eigenvalue weighted by Gasteiger charge is -2.25. The van der Waals surface area contributed by atoms with E-state index in [-0.39, 0.29) is 5.91 Å². The van der Waals surface area contributed by atoms with Gasteiger partial charge in [-0.15, -0.1) is 0 Å². The zero-order valence-electron chi connectivity index (χ0n) is 9.55. The second kappa shape index (κ2) is 7.76. The summed E-state index contributed by atoms with van der Waals surface area (Å²) < 4.78 is 0. The highest BCUT2D eigenvalue weighted by atomic mass is 16.2. The lowest BCUT2D eigenvalue weighted by molar-refractivity contribution is -0.121. The molecule has 0 aromatic carbocycles. The maximum atomic E-state index is 10.9. The van der Waals surface area contributed by atoms with Gasteiger partial charge in [-0.05, 0) is 39.8 Å². The van der Waals surface area contributed by atoms with Crippen LogP contribution in [-0.4, -0.2) is 29.9 Å². The van der Waals surface area contributed by atoms with Crippen molar-refractivity contribution < 1.29 is 4.79 Å². The van der Waals surface area contributed by atoms with Gasteiger partial charge in [0.2, 0.25) is 5.91 Å². The molecule has 0 atom stereocenters. The molecule has 4 nitrogen and oxygen atoms in total. The van der Waals surface area contributed by atoms with E-state index in [9.17, 15) is 4.79 Å². The van der Waals surface area contributed by atoms with Crippen LogP contribution < -0.4 is 11.3 Å². The third-order valence-electron chi connectivity index (χ3n) is 2.25. The van der Waals surface area contributed by atoms with Gasteiger partial charge in [0, 0.05) is 12.5 Å². The maximum Gasteiger partial charge on any atom is 0.233 e. The van der Waals surface area contributed by atoms with Gasteiger partial charge in [0.05, 0.1) is 0 Å². The Balaban J connectivity index is 3.65. The first kappa shape index (κ1) is 13.4. The van der Waals surface area contributed by atoms with Crippen LogP contribution in [0, 0.1) is 0 Å². The summed E-state index contributed by atoms with van der Waals surface area (Å²) in [6, 6.07) is 0.552. The van der Waals surface area contributed by atoms with Crippen LogP contribution in [0.5, 0.6) is 0 Å². The molecule has 4 heteroatoms. The fourth-order valence-corrected chi connectivity index (χ4v) is 1.43. The molecule has 0 unspecified atom stereocenters. The summed E-state index contributed by atoms with van der Waals surface area (Å²) in [6.07, 6.45) is 2.55. The molecule has 0 saturated heterocycles. The van der Waals surface area contributed by atoms with Crippen LogP contribution in [0.2, 0.25) is 0 Å². The number of hydrogen-bond acceptors (Lipinski definition) is 3. The Morgan fingerprint density at radius 2 is 2.07 bits per heavy atom. The average Bonchev–Trinajstić information content (AvgIpc) is 2.16. The van der Waals surface area contributed by atoms with E-state index >= 15 is 0 Å². The molecule has 84 valence electrons. The Labute approximate surface area is 86.8 Å². The molecule has 3 N–H and O–H groups in total. The summed E-state index contributed by atoms with van der Waals surface area (Å²) in [5, 5.41) is 0. The third-order valence-corrected chi connectivity index (χ3v) is 2.25. The van der Waals surface area contributed by atoms with E-state index in [1.807, 2.05) is 0 Å². The maximum absolute atomic E-state index is 10.9. The molecule has 0 aliphatic carbocycles. The zero-order chi connectivity index (χ0) is 11.0. The summed E-state index contributed by atoms with van der Waals surface area (Å²) in [5.74, 6) is 4.92. The van der Waals surface area contributed by atoms with Crippen molar-refractivity contribution >= 4 is 5.91 Å². The van der Waals surface area contributed by atoms with E-state index in [2.05, 4.69) is 31.1 Å². The molecule has 0 rings (SSSR count). The van der Waals surface area contributed by atoms with Crippen molar-refractivity contribution in [2.45, 2.75) is 46.1 Å². The molecule has 1 amide bonds. The number of hydrogen-bond donors (Lipinski definition) is 2. The Morgan fingerprint density at radius 1 is 1.43 bits per heavy atom. The van der Waals surface area contributed by atoms with Crippen LogP contribution in [0.3, 0.4) is 0 Å². The van der Waals surface area contributed by atoms with E-state index < -0.39 is 0 Å².